The van der Waals surface area contributed by atoms with Crippen LogP contribution in [-0.2, 0) is 0 Å². The smallest absolute Gasteiger partial charge is 0.323 e. The molecule has 1 N–H and O–H groups in total. The Morgan fingerprint density at radius 1 is 1.16 bits per heavy atom. The predicted molar refractivity (Wildman–Crippen MR) is 119 cm³/mol. The first-order valence-electron chi connectivity index (χ1n) is 9.89. The second kappa shape index (κ2) is 8.55. The SMILES string of the molecule is Cc1cc(-c2sc(NC(=O)N3CCC(C#N)C3)nc2-c2cccc(C#N)c2)cc(C)n1. The van der Waals surface area contributed by atoms with Crippen molar-refractivity contribution in [1.29, 1.82) is 10.5 Å². The van der Waals surface area contributed by atoms with E-state index < -0.39 is 0 Å². The van der Waals surface area contributed by atoms with E-state index in [1.54, 1.807) is 17.0 Å². The van der Waals surface area contributed by atoms with Crippen LogP contribution in [0.3, 0.4) is 0 Å². The molecule has 0 bridgehead atoms. The van der Waals surface area contributed by atoms with Gasteiger partial charge in [0.05, 0.1) is 34.2 Å². The Labute approximate surface area is 184 Å². The summed E-state index contributed by atoms with van der Waals surface area (Å²) in [4.78, 5) is 24.4. The number of nitriles is 2. The fourth-order valence-corrected chi connectivity index (χ4v) is 4.65. The summed E-state index contributed by atoms with van der Waals surface area (Å²) >= 11 is 1.39. The number of nitrogens with one attached hydrogen (secondary N) is 1. The molecule has 1 aliphatic heterocycles. The average molecular weight is 429 g/mol. The molecule has 154 valence electrons. The monoisotopic (exact) mass is 428 g/mol. The summed E-state index contributed by atoms with van der Waals surface area (Å²) in [6.07, 6.45) is 0.689. The molecule has 3 aromatic rings. The fourth-order valence-electron chi connectivity index (χ4n) is 3.69. The third kappa shape index (κ3) is 4.40. The van der Waals surface area contributed by atoms with Crippen LogP contribution in [0.4, 0.5) is 9.93 Å². The van der Waals surface area contributed by atoms with Gasteiger partial charge in [-0.25, -0.2) is 9.78 Å². The number of likely N-dealkylation sites (tertiary alicyclic amines) is 1. The highest BCUT2D eigenvalue weighted by molar-refractivity contribution is 7.19. The second-order valence-corrected chi connectivity index (χ2v) is 8.52. The minimum atomic E-state index is -0.252. The Morgan fingerprint density at radius 3 is 2.61 bits per heavy atom. The number of pyridine rings is 1. The third-order valence-electron chi connectivity index (χ3n) is 5.11. The lowest BCUT2D eigenvalue weighted by Gasteiger charge is -2.14. The van der Waals surface area contributed by atoms with Crippen LogP contribution in [0.2, 0.25) is 0 Å². The molecular formula is C23H20N6OS. The van der Waals surface area contributed by atoms with Gasteiger partial charge in [-0.05, 0) is 50.1 Å². The molecule has 8 heteroatoms. The lowest BCUT2D eigenvalue weighted by Crippen LogP contribution is -2.32. The number of hydrogen-bond donors (Lipinski definition) is 1. The number of benzene rings is 1. The maximum Gasteiger partial charge on any atom is 0.323 e. The van der Waals surface area contributed by atoms with Crippen LogP contribution < -0.4 is 5.32 Å². The van der Waals surface area contributed by atoms with E-state index in [0.717, 1.165) is 27.4 Å². The third-order valence-corrected chi connectivity index (χ3v) is 6.13. The molecule has 31 heavy (non-hydrogen) atoms. The lowest BCUT2D eigenvalue weighted by atomic mass is 10.0. The molecule has 0 aliphatic carbocycles. The first-order valence-corrected chi connectivity index (χ1v) is 10.7. The van der Waals surface area contributed by atoms with Gasteiger partial charge in [0.2, 0.25) is 0 Å². The number of nitrogens with zero attached hydrogens (tertiary/aromatic N) is 5. The van der Waals surface area contributed by atoms with Crippen molar-refractivity contribution in [2.75, 3.05) is 18.4 Å². The average Bonchev–Trinajstić information content (AvgIpc) is 3.40. The molecule has 1 unspecified atom stereocenters. The lowest BCUT2D eigenvalue weighted by molar-refractivity contribution is 0.222. The van der Waals surface area contributed by atoms with Gasteiger partial charge in [0.1, 0.15) is 0 Å². The van der Waals surface area contributed by atoms with Gasteiger partial charge in [-0.2, -0.15) is 10.5 Å². The Balaban J connectivity index is 1.73. The minimum Gasteiger partial charge on any atom is -0.323 e. The molecule has 0 spiro atoms. The highest BCUT2D eigenvalue weighted by atomic mass is 32.1. The van der Waals surface area contributed by atoms with Crippen LogP contribution >= 0.6 is 11.3 Å². The van der Waals surface area contributed by atoms with Crippen LogP contribution in [0.1, 0.15) is 23.4 Å². The van der Waals surface area contributed by atoms with E-state index in [1.165, 1.54) is 11.3 Å². The molecular weight excluding hydrogens is 408 g/mol. The van der Waals surface area contributed by atoms with Crippen LogP contribution in [0, 0.1) is 42.4 Å². The fraction of sp³-hybridized carbons (Fsp3) is 0.261. The molecule has 1 fully saturated rings. The van der Waals surface area contributed by atoms with Crippen molar-refractivity contribution in [1.82, 2.24) is 14.9 Å². The summed E-state index contributed by atoms with van der Waals surface area (Å²) in [5.41, 5.74) is 4.81. The zero-order valence-electron chi connectivity index (χ0n) is 17.2. The number of carbonyl (C=O) groups is 1. The van der Waals surface area contributed by atoms with Crippen LogP contribution in [0.25, 0.3) is 21.7 Å². The predicted octanol–water partition coefficient (Wildman–Crippen LogP) is 4.74. The molecule has 4 rings (SSSR count). The summed E-state index contributed by atoms with van der Waals surface area (Å²) in [5.74, 6) is -0.121. The minimum absolute atomic E-state index is 0.121. The topological polar surface area (TPSA) is 106 Å². The summed E-state index contributed by atoms with van der Waals surface area (Å²) in [6, 6.07) is 15.4. The highest BCUT2D eigenvalue weighted by Crippen LogP contribution is 2.39. The standard InChI is InChI=1S/C23H20N6OS/c1-14-8-19(9-15(2)26-14)21-20(18-5-3-4-16(10-18)11-24)27-22(31-21)28-23(30)29-7-6-17(12-25)13-29/h3-5,8-10,17H,6-7,13H2,1-2H3,(H,27,28,30). The Morgan fingerprint density at radius 2 is 1.94 bits per heavy atom. The van der Waals surface area contributed by atoms with Gasteiger partial charge in [0.15, 0.2) is 5.13 Å². The van der Waals surface area contributed by atoms with E-state index in [2.05, 4.69) is 22.4 Å². The molecule has 2 aromatic heterocycles. The second-order valence-electron chi connectivity index (χ2n) is 7.52. The first kappa shape index (κ1) is 20.5. The van der Waals surface area contributed by atoms with Crippen molar-refractivity contribution in [2.45, 2.75) is 20.3 Å². The van der Waals surface area contributed by atoms with Gasteiger partial charge in [0, 0.05) is 30.0 Å². The molecule has 1 aromatic carbocycles. The molecule has 0 saturated carbocycles. The van der Waals surface area contributed by atoms with Crippen molar-refractivity contribution < 1.29 is 4.79 Å². The molecule has 2 amide bonds. The van der Waals surface area contributed by atoms with E-state index in [0.29, 0.717) is 35.9 Å². The van der Waals surface area contributed by atoms with Gasteiger partial charge in [-0.3, -0.25) is 10.3 Å². The van der Waals surface area contributed by atoms with Crippen LogP contribution in [-0.4, -0.2) is 34.0 Å². The molecule has 0 radical (unpaired) electrons. The summed E-state index contributed by atoms with van der Waals surface area (Å²) in [5, 5.41) is 21.7. The normalized spacial score (nSPS) is 15.4. The molecule has 1 atom stereocenters. The van der Waals surface area contributed by atoms with Crippen molar-refractivity contribution in [2.24, 2.45) is 5.92 Å². The molecule has 1 aliphatic rings. The highest BCUT2D eigenvalue weighted by Gasteiger charge is 2.27. The number of hydrogen-bond acceptors (Lipinski definition) is 6. The number of urea groups is 1. The van der Waals surface area contributed by atoms with Crippen molar-refractivity contribution in [3.63, 3.8) is 0 Å². The zero-order chi connectivity index (χ0) is 22.0. The maximum atomic E-state index is 12.7. The maximum absolute atomic E-state index is 12.7. The summed E-state index contributed by atoms with van der Waals surface area (Å²) < 4.78 is 0. The van der Waals surface area contributed by atoms with Gasteiger partial charge in [0.25, 0.3) is 0 Å². The Hall–Kier alpha value is -3.75. The van der Waals surface area contributed by atoms with E-state index in [1.807, 2.05) is 38.1 Å². The largest absolute Gasteiger partial charge is 0.323 e. The van der Waals surface area contributed by atoms with Crippen molar-refractivity contribution >= 4 is 22.5 Å². The quantitative estimate of drug-likeness (QED) is 0.649. The van der Waals surface area contributed by atoms with E-state index in [9.17, 15) is 10.1 Å². The summed E-state index contributed by atoms with van der Waals surface area (Å²) in [6.45, 7) is 4.87. The zero-order valence-corrected chi connectivity index (χ0v) is 18.0. The van der Waals surface area contributed by atoms with Crippen LogP contribution in [0.15, 0.2) is 36.4 Å². The van der Waals surface area contributed by atoms with E-state index in [-0.39, 0.29) is 11.9 Å². The summed E-state index contributed by atoms with van der Waals surface area (Å²) in [7, 11) is 0. The number of anilines is 1. The number of carbonyl (C=O) groups excluding carboxylic acids is 1. The Bertz CT molecular complexity index is 1220. The molecule has 7 nitrogen and oxygen atoms in total. The number of rotatable bonds is 3. The van der Waals surface area contributed by atoms with Gasteiger partial charge in [-0.15, -0.1) is 0 Å². The number of amides is 2. The van der Waals surface area contributed by atoms with Gasteiger partial charge >= 0.3 is 6.03 Å². The molecule has 3 heterocycles. The van der Waals surface area contributed by atoms with E-state index >= 15 is 0 Å². The number of aryl methyl sites for hydroxylation is 2. The Kier molecular flexibility index (Phi) is 5.66. The number of thiazole rings is 1. The van der Waals surface area contributed by atoms with E-state index in [4.69, 9.17) is 10.2 Å². The van der Waals surface area contributed by atoms with Crippen molar-refractivity contribution in [3.8, 4) is 33.8 Å². The first-order chi connectivity index (χ1) is 15.0. The molecule has 1 saturated heterocycles. The van der Waals surface area contributed by atoms with Gasteiger partial charge < -0.3 is 4.90 Å². The van der Waals surface area contributed by atoms with Crippen molar-refractivity contribution in [3.05, 3.63) is 53.3 Å². The van der Waals surface area contributed by atoms with Gasteiger partial charge in [-0.1, -0.05) is 23.5 Å². The number of aromatic nitrogens is 2. The van der Waals surface area contributed by atoms with Crippen LogP contribution in [0.5, 0.6) is 0 Å².